The number of methoxy groups -OCH3 is 2. The van der Waals surface area contributed by atoms with Crippen LogP contribution in [0.15, 0.2) is 18.2 Å². The average molecular weight is 304 g/mol. The number of benzene rings is 1. The SMILES string of the molecule is COc1ccc(OC)c(-c2nc(C3CCNC3)sc2C)c1. The highest BCUT2D eigenvalue weighted by Crippen LogP contribution is 2.38. The van der Waals surface area contributed by atoms with Crippen LogP contribution in [0, 0.1) is 6.92 Å². The first kappa shape index (κ1) is 14.4. The van der Waals surface area contributed by atoms with Gasteiger partial charge < -0.3 is 14.8 Å². The smallest absolute Gasteiger partial charge is 0.128 e. The van der Waals surface area contributed by atoms with Crippen molar-refractivity contribution in [3.8, 4) is 22.8 Å². The number of hydrogen-bond acceptors (Lipinski definition) is 5. The molecule has 0 saturated carbocycles. The van der Waals surface area contributed by atoms with Crippen LogP contribution in [0.3, 0.4) is 0 Å². The van der Waals surface area contributed by atoms with E-state index in [0.717, 1.165) is 35.8 Å². The first-order valence-electron chi connectivity index (χ1n) is 7.13. The Labute approximate surface area is 129 Å². The van der Waals surface area contributed by atoms with E-state index in [-0.39, 0.29) is 0 Å². The summed E-state index contributed by atoms with van der Waals surface area (Å²) in [7, 11) is 3.37. The van der Waals surface area contributed by atoms with Crippen LogP contribution in [0.1, 0.15) is 22.2 Å². The van der Waals surface area contributed by atoms with E-state index in [4.69, 9.17) is 14.5 Å². The number of aromatic nitrogens is 1. The number of thiazole rings is 1. The summed E-state index contributed by atoms with van der Waals surface area (Å²) in [5, 5.41) is 4.62. The lowest BCUT2D eigenvalue weighted by Gasteiger charge is -2.09. The van der Waals surface area contributed by atoms with Crippen molar-refractivity contribution in [1.82, 2.24) is 10.3 Å². The molecule has 4 nitrogen and oxygen atoms in total. The fraction of sp³-hybridized carbons (Fsp3) is 0.438. The van der Waals surface area contributed by atoms with Crippen molar-refractivity contribution in [1.29, 1.82) is 0 Å². The molecule has 1 atom stereocenters. The fourth-order valence-corrected chi connectivity index (χ4v) is 3.78. The van der Waals surface area contributed by atoms with Gasteiger partial charge in [0.25, 0.3) is 0 Å². The number of aryl methyl sites for hydroxylation is 1. The number of nitrogens with one attached hydrogen (secondary N) is 1. The zero-order valence-corrected chi connectivity index (χ0v) is 13.4. The zero-order chi connectivity index (χ0) is 14.8. The van der Waals surface area contributed by atoms with Gasteiger partial charge in [-0.25, -0.2) is 4.98 Å². The van der Waals surface area contributed by atoms with Crippen LogP contribution >= 0.6 is 11.3 Å². The van der Waals surface area contributed by atoms with Crippen molar-refractivity contribution < 1.29 is 9.47 Å². The minimum atomic E-state index is 0.541. The van der Waals surface area contributed by atoms with Gasteiger partial charge in [0.05, 0.1) is 24.9 Å². The summed E-state index contributed by atoms with van der Waals surface area (Å²) in [6.07, 6.45) is 1.17. The maximum atomic E-state index is 5.49. The standard InChI is InChI=1S/C16H20N2O2S/c1-10-15(18-16(21-10)11-6-7-17-9-11)13-8-12(19-2)4-5-14(13)20-3/h4-5,8,11,17H,6-7,9H2,1-3H3. The quantitative estimate of drug-likeness (QED) is 0.942. The fourth-order valence-electron chi connectivity index (χ4n) is 2.71. The molecule has 2 heterocycles. The van der Waals surface area contributed by atoms with Crippen LogP contribution in [0.4, 0.5) is 0 Å². The van der Waals surface area contributed by atoms with Crippen molar-refractivity contribution >= 4 is 11.3 Å². The largest absolute Gasteiger partial charge is 0.497 e. The summed E-state index contributed by atoms with van der Waals surface area (Å²) in [4.78, 5) is 6.11. The maximum absolute atomic E-state index is 5.49. The number of hydrogen-bond donors (Lipinski definition) is 1. The molecule has 0 amide bonds. The molecule has 0 radical (unpaired) electrons. The van der Waals surface area contributed by atoms with E-state index in [2.05, 4.69) is 12.2 Å². The van der Waals surface area contributed by atoms with Crippen molar-refractivity contribution in [3.05, 3.63) is 28.1 Å². The monoisotopic (exact) mass is 304 g/mol. The van der Waals surface area contributed by atoms with Gasteiger partial charge in [-0.15, -0.1) is 11.3 Å². The van der Waals surface area contributed by atoms with Crippen LogP contribution in [-0.4, -0.2) is 32.3 Å². The van der Waals surface area contributed by atoms with Gasteiger partial charge >= 0.3 is 0 Å². The summed E-state index contributed by atoms with van der Waals surface area (Å²) in [5.74, 6) is 2.20. The van der Waals surface area contributed by atoms with Crippen LogP contribution < -0.4 is 14.8 Å². The van der Waals surface area contributed by atoms with Crippen molar-refractivity contribution in [2.24, 2.45) is 0 Å². The summed E-state index contributed by atoms with van der Waals surface area (Å²) in [6.45, 7) is 4.24. The molecule has 21 heavy (non-hydrogen) atoms. The number of rotatable bonds is 4. The molecule has 1 fully saturated rings. The molecule has 1 aromatic heterocycles. The van der Waals surface area contributed by atoms with Gasteiger partial charge in [-0.3, -0.25) is 0 Å². The van der Waals surface area contributed by atoms with Crippen molar-refractivity contribution in [2.45, 2.75) is 19.3 Å². The maximum Gasteiger partial charge on any atom is 0.128 e. The van der Waals surface area contributed by atoms with Crippen LogP contribution in [0.25, 0.3) is 11.3 Å². The predicted octanol–water partition coefficient (Wildman–Crippen LogP) is 3.21. The Morgan fingerprint density at radius 1 is 1.29 bits per heavy atom. The normalized spacial score (nSPS) is 18.0. The predicted molar refractivity (Wildman–Crippen MR) is 85.6 cm³/mol. The Hall–Kier alpha value is -1.59. The van der Waals surface area contributed by atoms with Crippen LogP contribution in [-0.2, 0) is 0 Å². The Morgan fingerprint density at radius 3 is 2.81 bits per heavy atom. The van der Waals surface area contributed by atoms with Crippen LogP contribution in [0.5, 0.6) is 11.5 Å². The van der Waals surface area contributed by atoms with Crippen molar-refractivity contribution in [2.75, 3.05) is 27.3 Å². The van der Waals surface area contributed by atoms with E-state index >= 15 is 0 Å². The highest BCUT2D eigenvalue weighted by Gasteiger charge is 2.23. The van der Waals surface area contributed by atoms with E-state index in [1.54, 1.807) is 25.6 Å². The molecule has 1 saturated heterocycles. The van der Waals surface area contributed by atoms with Gasteiger partial charge in [0.2, 0.25) is 0 Å². The van der Waals surface area contributed by atoms with Crippen molar-refractivity contribution in [3.63, 3.8) is 0 Å². The van der Waals surface area contributed by atoms with Gasteiger partial charge in [0.1, 0.15) is 11.5 Å². The first-order chi connectivity index (χ1) is 10.2. The molecule has 3 rings (SSSR count). The molecule has 1 unspecified atom stereocenters. The number of nitrogens with zero attached hydrogens (tertiary/aromatic N) is 1. The Bertz CT molecular complexity index is 633. The Kier molecular flexibility index (Phi) is 4.12. The minimum absolute atomic E-state index is 0.541. The summed E-state index contributed by atoms with van der Waals surface area (Å²) < 4.78 is 10.8. The Balaban J connectivity index is 2.03. The molecule has 1 N–H and O–H groups in total. The lowest BCUT2D eigenvalue weighted by Crippen LogP contribution is -2.07. The minimum Gasteiger partial charge on any atom is -0.497 e. The first-order valence-corrected chi connectivity index (χ1v) is 7.95. The molecule has 1 aromatic carbocycles. The molecule has 1 aliphatic heterocycles. The molecule has 0 aliphatic carbocycles. The molecule has 112 valence electrons. The van der Waals surface area contributed by atoms with Gasteiger partial charge in [-0.05, 0) is 38.1 Å². The van der Waals surface area contributed by atoms with E-state index in [0.29, 0.717) is 5.92 Å². The molecule has 2 aromatic rings. The second-order valence-corrected chi connectivity index (χ2v) is 6.45. The van der Waals surface area contributed by atoms with E-state index in [1.807, 2.05) is 18.2 Å². The third-order valence-corrected chi connectivity index (χ3v) is 5.02. The topological polar surface area (TPSA) is 43.4 Å². The molecule has 0 spiro atoms. The number of ether oxygens (including phenoxy) is 2. The average Bonchev–Trinajstić information content (AvgIpc) is 3.15. The molecule has 5 heteroatoms. The van der Waals surface area contributed by atoms with Gasteiger partial charge in [0, 0.05) is 22.9 Å². The van der Waals surface area contributed by atoms with Crippen LogP contribution in [0.2, 0.25) is 0 Å². The third kappa shape index (κ3) is 2.76. The van der Waals surface area contributed by atoms with Gasteiger partial charge in [-0.1, -0.05) is 0 Å². The summed E-state index contributed by atoms with van der Waals surface area (Å²) in [6, 6.07) is 5.84. The van der Waals surface area contributed by atoms with E-state index in [1.165, 1.54) is 16.3 Å². The highest BCUT2D eigenvalue weighted by molar-refractivity contribution is 7.12. The lowest BCUT2D eigenvalue weighted by atomic mass is 10.1. The second kappa shape index (κ2) is 6.03. The van der Waals surface area contributed by atoms with Gasteiger partial charge in [0.15, 0.2) is 0 Å². The second-order valence-electron chi connectivity index (χ2n) is 5.21. The molecule has 0 bridgehead atoms. The van der Waals surface area contributed by atoms with Gasteiger partial charge in [-0.2, -0.15) is 0 Å². The molecular formula is C16H20N2O2S. The molecular weight excluding hydrogens is 284 g/mol. The Morgan fingerprint density at radius 2 is 2.14 bits per heavy atom. The lowest BCUT2D eigenvalue weighted by molar-refractivity contribution is 0.404. The van der Waals surface area contributed by atoms with E-state index < -0.39 is 0 Å². The third-order valence-electron chi connectivity index (χ3n) is 3.88. The zero-order valence-electron chi connectivity index (χ0n) is 12.6. The molecule has 1 aliphatic rings. The summed E-state index contributed by atoms with van der Waals surface area (Å²) in [5.41, 5.74) is 2.01. The summed E-state index contributed by atoms with van der Waals surface area (Å²) >= 11 is 1.79. The highest BCUT2D eigenvalue weighted by atomic mass is 32.1. The van der Waals surface area contributed by atoms with E-state index in [9.17, 15) is 0 Å².